The van der Waals surface area contributed by atoms with Crippen LogP contribution in [0.3, 0.4) is 0 Å². The first-order valence-corrected chi connectivity index (χ1v) is 13.7. The summed E-state index contributed by atoms with van der Waals surface area (Å²) in [6, 6.07) is 11.0. The molecule has 1 unspecified atom stereocenters. The van der Waals surface area contributed by atoms with Gasteiger partial charge < -0.3 is 24.8 Å². The number of hydrogen-bond acceptors (Lipinski definition) is 8. The molecular formula is C27H34N6O2S. The predicted octanol–water partition coefficient (Wildman–Crippen LogP) is 2.34. The third kappa shape index (κ3) is 4.79. The van der Waals surface area contributed by atoms with Crippen molar-refractivity contribution < 1.29 is 9.80 Å². The number of nitrogens with one attached hydrogen (secondary N) is 1. The Morgan fingerprint density at radius 2 is 1.89 bits per heavy atom. The molecule has 9 heteroatoms. The highest BCUT2D eigenvalue weighted by atomic mass is 32.1. The number of thiophene rings is 1. The minimum absolute atomic E-state index is 0.104. The minimum Gasteiger partial charge on any atom is -0.629 e. The van der Waals surface area contributed by atoms with E-state index in [1.165, 1.54) is 17.7 Å². The number of hydroxylamine groups is 2. The zero-order valence-electron chi connectivity index (χ0n) is 21.1. The van der Waals surface area contributed by atoms with Crippen molar-refractivity contribution in [3.63, 3.8) is 0 Å². The summed E-state index contributed by atoms with van der Waals surface area (Å²) in [7, 11) is 4.37. The van der Waals surface area contributed by atoms with Gasteiger partial charge in [-0.15, -0.1) is 11.3 Å². The van der Waals surface area contributed by atoms with Crippen LogP contribution in [-0.2, 0) is 17.8 Å². The molecular weight excluding hydrogens is 472 g/mol. The van der Waals surface area contributed by atoms with Crippen molar-refractivity contribution in [2.45, 2.75) is 32.0 Å². The maximum absolute atomic E-state index is 12.6. The highest BCUT2D eigenvalue weighted by Gasteiger charge is 2.26. The molecule has 2 saturated heterocycles. The number of benzene rings is 1. The average Bonchev–Trinajstić information content (AvgIpc) is 3.30. The summed E-state index contributed by atoms with van der Waals surface area (Å²) in [4.78, 5) is 18.7. The first kappa shape index (κ1) is 24.0. The topological polar surface area (TPSA) is 72.2 Å². The van der Waals surface area contributed by atoms with Gasteiger partial charge in [-0.3, -0.25) is 4.90 Å². The SMILES string of the molecule is CN(C)C1CCN(Cc2cc3nc(C4=C[NH+]([O-])Cc5ccccc54)nc(N4CCOCC4)c3s2)CC1. The number of fused-ring (bicyclic) bond motifs is 2. The number of hydrogen-bond donors (Lipinski definition) is 1. The number of piperidine rings is 1. The molecule has 3 aliphatic heterocycles. The fraction of sp³-hybridized carbons (Fsp3) is 0.481. The van der Waals surface area contributed by atoms with Gasteiger partial charge in [0.2, 0.25) is 0 Å². The van der Waals surface area contributed by atoms with Crippen molar-refractivity contribution in [1.29, 1.82) is 0 Å². The van der Waals surface area contributed by atoms with E-state index in [-0.39, 0.29) is 5.06 Å². The van der Waals surface area contributed by atoms with Crippen molar-refractivity contribution in [3.05, 3.63) is 63.6 Å². The monoisotopic (exact) mass is 506 g/mol. The molecule has 0 saturated carbocycles. The lowest BCUT2D eigenvalue weighted by Crippen LogP contribution is -3.01. The molecule has 3 aromatic rings. The van der Waals surface area contributed by atoms with Crippen LogP contribution in [0.15, 0.2) is 36.5 Å². The Bertz CT molecular complexity index is 1260. The largest absolute Gasteiger partial charge is 0.629 e. The maximum atomic E-state index is 12.6. The van der Waals surface area contributed by atoms with Gasteiger partial charge in [-0.1, -0.05) is 24.3 Å². The van der Waals surface area contributed by atoms with Crippen molar-refractivity contribution in [3.8, 4) is 0 Å². The lowest BCUT2D eigenvalue weighted by atomic mass is 9.97. The number of quaternary nitrogens is 1. The van der Waals surface area contributed by atoms with Crippen molar-refractivity contribution in [2.24, 2.45) is 0 Å². The summed E-state index contributed by atoms with van der Waals surface area (Å²) in [6.45, 7) is 6.64. The molecule has 2 aromatic heterocycles. The van der Waals surface area contributed by atoms with Crippen LogP contribution in [-0.4, -0.2) is 79.3 Å². The number of rotatable bonds is 5. The Morgan fingerprint density at radius 1 is 1.11 bits per heavy atom. The minimum atomic E-state index is 0.104. The fourth-order valence-corrected chi connectivity index (χ4v) is 6.72. The third-order valence-corrected chi connectivity index (χ3v) is 8.71. The number of anilines is 1. The molecule has 36 heavy (non-hydrogen) atoms. The molecule has 0 bridgehead atoms. The second-order valence-corrected chi connectivity index (χ2v) is 11.4. The molecule has 0 spiro atoms. The lowest BCUT2D eigenvalue weighted by molar-refractivity contribution is -0.806. The molecule has 0 radical (unpaired) electrons. The van der Waals surface area contributed by atoms with Crippen LogP contribution in [0.5, 0.6) is 0 Å². The molecule has 1 atom stereocenters. The van der Waals surface area contributed by atoms with Gasteiger partial charge in [-0.25, -0.2) is 9.97 Å². The third-order valence-electron chi connectivity index (χ3n) is 7.60. The van der Waals surface area contributed by atoms with E-state index in [1.807, 2.05) is 29.5 Å². The van der Waals surface area contributed by atoms with E-state index < -0.39 is 0 Å². The molecule has 1 N–H and O–H groups in total. The van der Waals surface area contributed by atoms with Crippen LogP contribution in [0.2, 0.25) is 0 Å². The molecule has 1 aromatic carbocycles. The Kier molecular flexibility index (Phi) is 6.76. The van der Waals surface area contributed by atoms with Gasteiger partial charge in [0.1, 0.15) is 12.7 Å². The smallest absolute Gasteiger partial charge is 0.168 e. The molecule has 0 amide bonds. The standard InChI is InChI=1S/C27H34N6O2S/c1-30(2)20-7-9-31(10-8-20)17-21-15-24-25(36-21)27(32-11-13-35-14-12-32)29-26(28-24)23-18-33(34)16-19-5-3-4-6-22(19)23/h3-6,15,18,20,33H,7-14,16-17H2,1-2H3. The summed E-state index contributed by atoms with van der Waals surface area (Å²) >= 11 is 1.81. The number of aromatic nitrogens is 2. The van der Waals surface area contributed by atoms with E-state index in [1.54, 1.807) is 6.20 Å². The first-order chi connectivity index (χ1) is 17.5. The summed E-state index contributed by atoms with van der Waals surface area (Å²) < 4.78 is 6.76. The van der Waals surface area contributed by atoms with Crippen LogP contribution < -0.4 is 9.96 Å². The number of ether oxygens (including phenoxy) is 1. The van der Waals surface area contributed by atoms with Gasteiger partial charge in [0.05, 0.1) is 29.0 Å². The van der Waals surface area contributed by atoms with Crippen LogP contribution >= 0.6 is 11.3 Å². The van der Waals surface area contributed by atoms with Gasteiger partial charge in [-0.2, -0.15) is 0 Å². The second kappa shape index (κ2) is 10.2. The number of morpholine rings is 1. The van der Waals surface area contributed by atoms with E-state index in [9.17, 15) is 5.21 Å². The molecule has 190 valence electrons. The van der Waals surface area contributed by atoms with Crippen LogP contribution in [0, 0.1) is 5.21 Å². The molecule has 0 aliphatic carbocycles. The van der Waals surface area contributed by atoms with E-state index in [0.29, 0.717) is 31.6 Å². The van der Waals surface area contributed by atoms with Crippen molar-refractivity contribution in [1.82, 2.24) is 19.8 Å². The Hall–Kier alpha value is -2.40. The van der Waals surface area contributed by atoms with Gasteiger partial charge in [-0.05, 0) is 38.6 Å². The Balaban J connectivity index is 1.36. The van der Waals surface area contributed by atoms with Gasteiger partial charge in [0.15, 0.2) is 11.6 Å². The molecule has 6 rings (SSSR count). The van der Waals surface area contributed by atoms with Crippen LogP contribution in [0.25, 0.3) is 15.8 Å². The average molecular weight is 507 g/mol. The van der Waals surface area contributed by atoms with Crippen LogP contribution in [0.1, 0.15) is 34.7 Å². The fourth-order valence-electron chi connectivity index (χ4n) is 5.57. The Morgan fingerprint density at radius 3 is 2.67 bits per heavy atom. The number of likely N-dealkylation sites (tertiary alicyclic amines) is 1. The molecule has 3 aliphatic rings. The quantitative estimate of drug-likeness (QED) is 0.533. The summed E-state index contributed by atoms with van der Waals surface area (Å²) in [5, 5.41) is 12.7. The summed E-state index contributed by atoms with van der Waals surface area (Å²) in [5.74, 6) is 1.61. The van der Waals surface area contributed by atoms with Gasteiger partial charge in [0.25, 0.3) is 0 Å². The van der Waals surface area contributed by atoms with Gasteiger partial charge in [0, 0.05) is 49.2 Å². The van der Waals surface area contributed by atoms with E-state index in [0.717, 1.165) is 65.5 Å². The highest BCUT2D eigenvalue weighted by molar-refractivity contribution is 7.19. The van der Waals surface area contributed by atoms with Crippen molar-refractivity contribution in [2.75, 3.05) is 58.4 Å². The zero-order valence-corrected chi connectivity index (χ0v) is 21.9. The molecule has 8 nitrogen and oxygen atoms in total. The van der Waals surface area contributed by atoms with E-state index in [2.05, 4.69) is 40.9 Å². The van der Waals surface area contributed by atoms with Gasteiger partial charge >= 0.3 is 0 Å². The summed E-state index contributed by atoms with van der Waals surface area (Å²) in [5.41, 5.74) is 3.91. The van der Waals surface area contributed by atoms with Crippen LogP contribution in [0.4, 0.5) is 5.82 Å². The van der Waals surface area contributed by atoms with E-state index in [4.69, 9.17) is 14.7 Å². The number of nitrogens with zero attached hydrogens (tertiary/aromatic N) is 5. The normalized spacial score (nSPS) is 21.7. The lowest BCUT2D eigenvalue weighted by Gasteiger charge is -2.34. The first-order valence-electron chi connectivity index (χ1n) is 12.9. The molecule has 5 heterocycles. The van der Waals surface area contributed by atoms with Crippen molar-refractivity contribution >= 4 is 32.9 Å². The molecule has 2 fully saturated rings. The predicted molar refractivity (Wildman–Crippen MR) is 144 cm³/mol. The second-order valence-electron chi connectivity index (χ2n) is 10.2. The zero-order chi connectivity index (χ0) is 24.6. The maximum Gasteiger partial charge on any atom is 0.168 e. The Labute approximate surface area is 216 Å². The van der Waals surface area contributed by atoms with E-state index >= 15 is 0 Å². The highest BCUT2D eigenvalue weighted by Crippen LogP contribution is 2.36. The summed E-state index contributed by atoms with van der Waals surface area (Å²) in [6.07, 6.45) is 4.15.